The monoisotopic (exact) mass is 338 g/mol. The number of rotatable bonds is 5. The minimum absolute atomic E-state index is 0.115. The Morgan fingerprint density at radius 1 is 1.00 bits per heavy atom. The Bertz CT molecular complexity index is 871. The second kappa shape index (κ2) is 7.36. The van der Waals surface area contributed by atoms with Gasteiger partial charge in [-0.3, -0.25) is 4.79 Å². The zero-order valence-electron chi connectivity index (χ0n) is 13.6. The van der Waals surface area contributed by atoms with Gasteiger partial charge in [0.1, 0.15) is 5.75 Å². The fraction of sp³-hybridized carbons (Fsp3) is 0.158. The molecule has 1 aromatic heterocycles. The number of aromatic nitrogens is 2. The predicted molar refractivity (Wildman–Crippen MR) is 97.8 cm³/mol. The normalized spacial score (nSPS) is 10.6. The van der Waals surface area contributed by atoms with E-state index in [2.05, 4.69) is 17.2 Å². The summed E-state index contributed by atoms with van der Waals surface area (Å²) in [6.45, 7) is 0.430. The van der Waals surface area contributed by atoms with Crippen LogP contribution in [0.25, 0.3) is 11.3 Å². The second-order valence-corrected chi connectivity index (χ2v) is 6.17. The maximum atomic E-state index is 12.1. The molecule has 4 nitrogen and oxygen atoms in total. The number of benzene rings is 2. The highest BCUT2D eigenvalue weighted by Crippen LogP contribution is 2.21. The first-order valence-corrected chi connectivity index (χ1v) is 8.77. The third-order valence-corrected chi connectivity index (χ3v) is 4.49. The summed E-state index contributed by atoms with van der Waals surface area (Å²) in [6, 6.07) is 19.1. The van der Waals surface area contributed by atoms with Gasteiger partial charge in [0, 0.05) is 16.5 Å². The summed E-state index contributed by atoms with van der Waals surface area (Å²) in [7, 11) is 1.63. The number of thioether (sulfide) groups is 1. The quantitative estimate of drug-likeness (QED) is 0.666. The molecular formula is C19H18N2O2S. The fourth-order valence-electron chi connectivity index (χ4n) is 2.38. The molecule has 0 saturated carbocycles. The average molecular weight is 338 g/mol. The first-order valence-electron chi connectivity index (χ1n) is 7.55. The molecule has 0 aliphatic carbocycles. The summed E-state index contributed by atoms with van der Waals surface area (Å²) >= 11 is 1.70. The molecule has 0 unspecified atom stereocenters. The molecule has 0 aliphatic rings. The summed E-state index contributed by atoms with van der Waals surface area (Å²) in [5.41, 5.74) is 2.67. The Morgan fingerprint density at radius 3 is 2.33 bits per heavy atom. The van der Waals surface area contributed by atoms with Gasteiger partial charge < -0.3 is 4.74 Å². The standard InChI is InChI=1S/C19H18N2O2S/c1-23-16-7-3-14(4-8-16)13-21-19(22)12-11-18(20-21)15-5-9-17(24-2)10-6-15/h3-12H,13H2,1-2H3. The SMILES string of the molecule is COc1ccc(Cn2nc(-c3ccc(SC)cc3)ccc2=O)cc1. The highest BCUT2D eigenvalue weighted by atomic mass is 32.2. The summed E-state index contributed by atoms with van der Waals surface area (Å²) < 4.78 is 6.64. The van der Waals surface area contributed by atoms with E-state index in [9.17, 15) is 4.79 Å². The maximum absolute atomic E-state index is 12.1. The van der Waals surface area contributed by atoms with E-state index >= 15 is 0 Å². The maximum Gasteiger partial charge on any atom is 0.267 e. The van der Waals surface area contributed by atoms with Crippen LogP contribution >= 0.6 is 11.8 Å². The van der Waals surface area contributed by atoms with Crippen LogP contribution in [0.2, 0.25) is 0 Å². The first-order chi connectivity index (χ1) is 11.7. The molecule has 0 radical (unpaired) electrons. The van der Waals surface area contributed by atoms with E-state index in [1.165, 1.54) is 9.58 Å². The Morgan fingerprint density at radius 2 is 1.71 bits per heavy atom. The zero-order valence-corrected chi connectivity index (χ0v) is 14.4. The molecule has 0 N–H and O–H groups in total. The van der Waals surface area contributed by atoms with Gasteiger partial charge in [-0.2, -0.15) is 5.10 Å². The van der Waals surface area contributed by atoms with Crippen molar-refractivity contribution in [3.05, 3.63) is 76.6 Å². The number of methoxy groups -OCH3 is 1. The van der Waals surface area contributed by atoms with E-state index in [4.69, 9.17) is 4.74 Å². The smallest absolute Gasteiger partial charge is 0.267 e. The molecule has 122 valence electrons. The van der Waals surface area contributed by atoms with Crippen LogP contribution in [0.3, 0.4) is 0 Å². The van der Waals surface area contributed by atoms with Crippen molar-refractivity contribution in [2.45, 2.75) is 11.4 Å². The average Bonchev–Trinajstić information content (AvgIpc) is 2.64. The Balaban J connectivity index is 1.88. The summed E-state index contributed by atoms with van der Waals surface area (Å²) in [6.07, 6.45) is 2.04. The second-order valence-electron chi connectivity index (χ2n) is 5.29. The molecule has 2 aromatic carbocycles. The molecule has 0 bridgehead atoms. The molecule has 0 saturated heterocycles. The molecule has 3 aromatic rings. The van der Waals surface area contributed by atoms with Crippen molar-refractivity contribution in [2.24, 2.45) is 0 Å². The number of ether oxygens (including phenoxy) is 1. The van der Waals surface area contributed by atoms with Gasteiger partial charge in [0.05, 0.1) is 19.3 Å². The van der Waals surface area contributed by atoms with Crippen LogP contribution in [0.1, 0.15) is 5.56 Å². The van der Waals surface area contributed by atoms with Crippen LogP contribution in [-0.4, -0.2) is 23.1 Å². The number of hydrogen-bond donors (Lipinski definition) is 0. The Kier molecular flexibility index (Phi) is 5.01. The molecular weight excluding hydrogens is 320 g/mol. The van der Waals surface area contributed by atoms with Crippen LogP contribution in [-0.2, 0) is 6.54 Å². The van der Waals surface area contributed by atoms with Gasteiger partial charge in [-0.25, -0.2) is 4.68 Å². The largest absolute Gasteiger partial charge is 0.497 e. The van der Waals surface area contributed by atoms with Crippen molar-refractivity contribution >= 4 is 11.8 Å². The van der Waals surface area contributed by atoms with E-state index in [-0.39, 0.29) is 5.56 Å². The third-order valence-electron chi connectivity index (χ3n) is 3.74. The van der Waals surface area contributed by atoms with Crippen LogP contribution in [0, 0.1) is 0 Å². The lowest BCUT2D eigenvalue weighted by Gasteiger charge is -2.08. The van der Waals surface area contributed by atoms with Gasteiger partial charge >= 0.3 is 0 Å². The number of nitrogens with zero attached hydrogens (tertiary/aromatic N) is 2. The van der Waals surface area contributed by atoms with Crippen molar-refractivity contribution in [2.75, 3.05) is 13.4 Å². The molecule has 5 heteroatoms. The van der Waals surface area contributed by atoms with E-state index in [0.717, 1.165) is 22.6 Å². The molecule has 0 spiro atoms. The molecule has 0 atom stereocenters. The van der Waals surface area contributed by atoms with E-state index < -0.39 is 0 Å². The van der Waals surface area contributed by atoms with Crippen LogP contribution in [0.4, 0.5) is 0 Å². The number of hydrogen-bond acceptors (Lipinski definition) is 4. The Labute approximate surface area is 145 Å². The lowest BCUT2D eigenvalue weighted by molar-refractivity contribution is 0.414. The van der Waals surface area contributed by atoms with Gasteiger partial charge in [0.2, 0.25) is 0 Å². The molecule has 0 aliphatic heterocycles. The molecule has 1 heterocycles. The fourth-order valence-corrected chi connectivity index (χ4v) is 2.79. The van der Waals surface area contributed by atoms with E-state index in [0.29, 0.717) is 6.54 Å². The van der Waals surface area contributed by atoms with Gasteiger partial charge in [-0.15, -0.1) is 11.8 Å². The van der Waals surface area contributed by atoms with E-state index in [1.54, 1.807) is 31.0 Å². The first kappa shape index (κ1) is 16.3. The molecule has 24 heavy (non-hydrogen) atoms. The lowest BCUT2D eigenvalue weighted by atomic mass is 10.1. The van der Waals surface area contributed by atoms with Crippen molar-refractivity contribution < 1.29 is 4.74 Å². The van der Waals surface area contributed by atoms with E-state index in [1.807, 2.05) is 42.7 Å². The predicted octanol–water partition coefficient (Wildman–Crippen LogP) is 3.69. The van der Waals surface area contributed by atoms with Crippen LogP contribution in [0.15, 0.2) is 70.4 Å². The minimum atomic E-state index is -0.115. The van der Waals surface area contributed by atoms with Gasteiger partial charge in [0.15, 0.2) is 0 Å². The van der Waals surface area contributed by atoms with Crippen LogP contribution in [0.5, 0.6) is 5.75 Å². The van der Waals surface area contributed by atoms with Crippen molar-refractivity contribution in [1.82, 2.24) is 9.78 Å². The summed E-state index contributed by atoms with van der Waals surface area (Å²) in [4.78, 5) is 13.3. The lowest BCUT2D eigenvalue weighted by Crippen LogP contribution is -2.22. The topological polar surface area (TPSA) is 44.1 Å². The van der Waals surface area contributed by atoms with Gasteiger partial charge in [-0.05, 0) is 42.2 Å². The summed E-state index contributed by atoms with van der Waals surface area (Å²) in [5.74, 6) is 0.793. The highest BCUT2D eigenvalue weighted by molar-refractivity contribution is 7.98. The molecule has 0 fully saturated rings. The van der Waals surface area contributed by atoms with Gasteiger partial charge in [0.25, 0.3) is 5.56 Å². The van der Waals surface area contributed by atoms with Crippen molar-refractivity contribution in [3.8, 4) is 17.0 Å². The molecule has 3 rings (SSSR count). The third kappa shape index (κ3) is 3.68. The molecule has 0 amide bonds. The minimum Gasteiger partial charge on any atom is -0.497 e. The Hall–Kier alpha value is -2.53. The van der Waals surface area contributed by atoms with Crippen molar-refractivity contribution in [1.29, 1.82) is 0 Å². The van der Waals surface area contributed by atoms with Crippen molar-refractivity contribution in [3.63, 3.8) is 0 Å². The zero-order chi connectivity index (χ0) is 16.9. The van der Waals surface area contributed by atoms with Gasteiger partial charge in [-0.1, -0.05) is 24.3 Å². The van der Waals surface area contributed by atoms with Crippen LogP contribution < -0.4 is 10.3 Å². The summed E-state index contributed by atoms with van der Waals surface area (Å²) in [5, 5.41) is 4.50. The highest BCUT2D eigenvalue weighted by Gasteiger charge is 2.05.